The summed E-state index contributed by atoms with van der Waals surface area (Å²) in [7, 11) is 1.24. The van der Waals surface area contributed by atoms with Crippen molar-refractivity contribution in [3.05, 3.63) is 82.1 Å². The highest BCUT2D eigenvalue weighted by atomic mass is 16.5. The molecular weight excluding hydrogens is 386 g/mol. The molecule has 0 saturated carbocycles. The number of rotatable bonds is 7. The Labute approximate surface area is 172 Å². The van der Waals surface area contributed by atoms with E-state index in [1.165, 1.54) is 18.2 Å². The van der Waals surface area contributed by atoms with Crippen LogP contribution in [0.2, 0.25) is 0 Å². The Morgan fingerprint density at radius 3 is 2.47 bits per heavy atom. The Morgan fingerprint density at radius 2 is 1.73 bits per heavy atom. The molecule has 2 aromatic carbocycles. The van der Waals surface area contributed by atoms with Crippen LogP contribution in [0, 0.1) is 0 Å². The van der Waals surface area contributed by atoms with E-state index in [2.05, 4.69) is 15.0 Å². The first-order valence-electron chi connectivity index (χ1n) is 9.26. The van der Waals surface area contributed by atoms with Gasteiger partial charge in [-0.3, -0.25) is 19.2 Å². The molecule has 0 fully saturated rings. The summed E-state index contributed by atoms with van der Waals surface area (Å²) in [5.74, 6) is -1.72. The Balaban J connectivity index is 1.71. The van der Waals surface area contributed by atoms with Gasteiger partial charge < -0.3 is 19.9 Å². The third-order valence-corrected chi connectivity index (χ3v) is 4.55. The Hall–Kier alpha value is -3.94. The zero-order valence-corrected chi connectivity index (χ0v) is 16.4. The van der Waals surface area contributed by atoms with E-state index in [-0.39, 0.29) is 25.2 Å². The molecule has 0 aliphatic heterocycles. The lowest BCUT2D eigenvalue weighted by Gasteiger charge is -2.21. The van der Waals surface area contributed by atoms with E-state index in [1.54, 1.807) is 24.3 Å². The minimum atomic E-state index is -0.673. The van der Waals surface area contributed by atoms with Gasteiger partial charge in [-0.1, -0.05) is 42.5 Å². The summed E-state index contributed by atoms with van der Waals surface area (Å²) in [4.78, 5) is 53.5. The van der Waals surface area contributed by atoms with Crippen LogP contribution in [0.4, 0.5) is 0 Å². The van der Waals surface area contributed by atoms with Crippen molar-refractivity contribution >= 4 is 28.7 Å². The predicted octanol–water partition coefficient (Wildman–Crippen LogP) is 1.46. The molecule has 2 N–H and O–H groups in total. The molecule has 0 atom stereocenters. The molecule has 8 nitrogen and oxygen atoms in total. The molecule has 0 spiro atoms. The summed E-state index contributed by atoms with van der Waals surface area (Å²) in [5, 5.41) is 2.84. The molecule has 1 heterocycles. The molecule has 154 valence electrons. The van der Waals surface area contributed by atoms with Crippen molar-refractivity contribution in [3.63, 3.8) is 0 Å². The molecule has 0 bridgehead atoms. The second-order valence-electron chi connectivity index (χ2n) is 6.57. The van der Waals surface area contributed by atoms with E-state index >= 15 is 0 Å². The minimum Gasteiger partial charge on any atom is -0.468 e. The van der Waals surface area contributed by atoms with Crippen LogP contribution in [0.25, 0.3) is 10.9 Å². The summed E-state index contributed by atoms with van der Waals surface area (Å²) in [6.45, 7) is -0.438. The molecule has 0 unspecified atom stereocenters. The number of amides is 2. The Kier molecular flexibility index (Phi) is 6.59. The number of para-hydroxylation sites is 1. The van der Waals surface area contributed by atoms with Crippen LogP contribution < -0.4 is 10.7 Å². The van der Waals surface area contributed by atoms with Crippen molar-refractivity contribution in [2.45, 2.75) is 6.54 Å². The van der Waals surface area contributed by atoms with Gasteiger partial charge in [0, 0.05) is 23.6 Å². The van der Waals surface area contributed by atoms with Gasteiger partial charge in [-0.25, -0.2) is 0 Å². The Bertz CT molecular complexity index is 1120. The number of H-pyrrole nitrogens is 1. The van der Waals surface area contributed by atoms with Crippen LogP contribution in [0.3, 0.4) is 0 Å². The number of esters is 1. The lowest BCUT2D eigenvalue weighted by atomic mass is 10.1. The number of aromatic amines is 1. The van der Waals surface area contributed by atoms with Gasteiger partial charge >= 0.3 is 5.97 Å². The van der Waals surface area contributed by atoms with Crippen LogP contribution in [0.15, 0.2) is 65.6 Å². The van der Waals surface area contributed by atoms with Crippen LogP contribution in [-0.4, -0.2) is 47.9 Å². The quantitative estimate of drug-likeness (QED) is 0.577. The standard InChI is InChI=1S/C22H21N3O5/c1-30-20(27)14-25(13-15-7-3-2-4-8-15)19(26)12-24-22(29)17-11-23-18-10-6-5-9-16(18)21(17)28/h2-11H,12-14H2,1H3,(H,23,28)(H,24,29). The monoisotopic (exact) mass is 407 g/mol. The predicted molar refractivity (Wildman–Crippen MR) is 111 cm³/mol. The molecule has 8 heteroatoms. The molecule has 0 saturated heterocycles. The highest BCUT2D eigenvalue weighted by Crippen LogP contribution is 2.08. The van der Waals surface area contributed by atoms with Gasteiger partial charge in [-0.2, -0.15) is 0 Å². The number of fused-ring (bicyclic) bond motifs is 1. The third kappa shape index (κ3) is 4.91. The number of hydrogen-bond acceptors (Lipinski definition) is 5. The van der Waals surface area contributed by atoms with Crippen molar-refractivity contribution in [2.75, 3.05) is 20.2 Å². The molecule has 30 heavy (non-hydrogen) atoms. The zero-order chi connectivity index (χ0) is 21.5. The highest BCUT2D eigenvalue weighted by Gasteiger charge is 2.20. The number of ether oxygens (including phenoxy) is 1. The van der Waals surface area contributed by atoms with Crippen molar-refractivity contribution in [1.29, 1.82) is 0 Å². The fraction of sp³-hybridized carbons (Fsp3) is 0.182. The fourth-order valence-corrected chi connectivity index (χ4v) is 2.96. The van der Waals surface area contributed by atoms with Crippen LogP contribution in [0.5, 0.6) is 0 Å². The molecular formula is C22H21N3O5. The van der Waals surface area contributed by atoms with E-state index in [9.17, 15) is 19.2 Å². The van der Waals surface area contributed by atoms with Gasteiger partial charge in [0.1, 0.15) is 12.1 Å². The van der Waals surface area contributed by atoms with Crippen molar-refractivity contribution in [2.24, 2.45) is 0 Å². The topological polar surface area (TPSA) is 109 Å². The molecule has 2 amide bonds. The van der Waals surface area contributed by atoms with E-state index < -0.39 is 23.2 Å². The number of aromatic nitrogens is 1. The smallest absolute Gasteiger partial charge is 0.325 e. The van der Waals surface area contributed by atoms with E-state index in [1.807, 2.05) is 30.3 Å². The lowest BCUT2D eigenvalue weighted by Crippen LogP contribution is -2.43. The number of nitrogens with one attached hydrogen (secondary N) is 2. The van der Waals surface area contributed by atoms with Crippen molar-refractivity contribution < 1.29 is 19.1 Å². The van der Waals surface area contributed by atoms with Crippen molar-refractivity contribution in [1.82, 2.24) is 15.2 Å². The lowest BCUT2D eigenvalue weighted by molar-refractivity contribution is -0.147. The summed E-state index contributed by atoms with van der Waals surface area (Å²) < 4.78 is 4.65. The summed E-state index contributed by atoms with van der Waals surface area (Å²) >= 11 is 0. The molecule has 0 aliphatic rings. The first-order chi connectivity index (χ1) is 14.5. The SMILES string of the molecule is COC(=O)CN(Cc1ccccc1)C(=O)CNC(=O)c1c[nH]c2ccccc2c1=O. The molecule has 1 aromatic heterocycles. The first-order valence-corrected chi connectivity index (χ1v) is 9.26. The maximum atomic E-state index is 12.6. The van der Waals surface area contributed by atoms with Gasteiger partial charge in [-0.15, -0.1) is 0 Å². The second kappa shape index (κ2) is 9.51. The van der Waals surface area contributed by atoms with Gasteiger partial charge in [0.25, 0.3) is 5.91 Å². The van der Waals surface area contributed by atoms with E-state index in [0.717, 1.165) is 5.56 Å². The maximum absolute atomic E-state index is 12.6. The number of carbonyl (C=O) groups is 3. The average Bonchev–Trinajstić information content (AvgIpc) is 2.77. The van der Waals surface area contributed by atoms with Gasteiger partial charge in [0.15, 0.2) is 0 Å². The highest BCUT2D eigenvalue weighted by molar-refractivity contribution is 5.99. The normalized spacial score (nSPS) is 10.4. The van der Waals surface area contributed by atoms with Crippen molar-refractivity contribution in [3.8, 4) is 0 Å². The summed E-state index contributed by atoms with van der Waals surface area (Å²) in [6.07, 6.45) is 1.32. The number of benzene rings is 2. The molecule has 3 rings (SSSR count). The fourth-order valence-electron chi connectivity index (χ4n) is 2.96. The molecule has 0 radical (unpaired) electrons. The number of nitrogens with zero attached hydrogens (tertiary/aromatic N) is 1. The average molecular weight is 407 g/mol. The molecule has 3 aromatic rings. The largest absolute Gasteiger partial charge is 0.468 e. The number of hydrogen-bond donors (Lipinski definition) is 2. The summed E-state index contributed by atoms with van der Waals surface area (Å²) in [6, 6.07) is 16.0. The van der Waals surface area contributed by atoms with Gasteiger partial charge in [-0.05, 0) is 17.7 Å². The number of methoxy groups -OCH3 is 1. The number of pyridine rings is 1. The second-order valence-corrected chi connectivity index (χ2v) is 6.57. The minimum absolute atomic E-state index is 0.0934. The van der Waals surface area contributed by atoms with E-state index in [0.29, 0.717) is 10.9 Å². The Morgan fingerprint density at radius 1 is 1.03 bits per heavy atom. The van der Waals surface area contributed by atoms with Crippen LogP contribution in [0.1, 0.15) is 15.9 Å². The van der Waals surface area contributed by atoms with Crippen LogP contribution in [-0.2, 0) is 20.9 Å². The van der Waals surface area contributed by atoms with Gasteiger partial charge in [0.05, 0.1) is 13.7 Å². The zero-order valence-electron chi connectivity index (χ0n) is 16.4. The number of carbonyl (C=O) groups excluding carboxylic acids is 3. The summed E-state index contributed by atoms with van der Waals surface area (Å²) in [5.41, 5.74) is 0.920. The van der Waals surface area contributed by atoms with Crippen LogP contribution >= 0.6 is 0 Å². The maximum Gasteiger partial charge on any atom is 0.325 e. The van der Waals surface area contributed by atoms with E-state index in [4.69, 9.17) is 0 Å². The molecule has 0 aliphatic carbocycles. The van der Waals surface area contributed by atoms with Gasteiger partial charge in [0.2, 0.25) is 11.3 Å². The first kappa shape index (κ1) is 20.8. The third-order valence-electron chi connectivity index (χ3n) is 4.55.